The van der Waals surface area contributed by atoms with Gasteiger partial charge >= 0.3 is 23.8 Å². The molecule has 2 aliphatic heterocycles. The number of esters is 2. The fourth-order valence-electron chi connectivity index (χ4n) is 4.23. The summed E-state index contributed by atoms with van der Waals surface area (Å²) < 4.78 is 67.2. The van der Waals surface area contributed by atoms with Crippen LogP contribution < -0.4 is 0 Å². The fourth-order valence-corrected chi connectivity index (χ4v) is 4.23. The minimum absolute atomic E-state index is 0.111. The average molecular weight is 382 g/mol. The molecule has 4 fully saturated rings. The molecule has 0 radical (unpaired) electrons. The van der Waals surface area contributed by atoms with Crippen LogP contribution in [0.4, 0.5) is 17.6 Å². The fraction of sp³-hybridized carbons (Fsp3) is 0.882. The third-order valence-electron chi connectivity index (χ3n) is 5.55. The average Bonchev–Trinajstić information content (AvgIpc) is 2.67. The summed E-state index contributed by atoms with van der Waals surface area (Å²) in [6, 6.07) is 0. The molecule has 2 saturated heterocycles. The SMILES string of the molecule is CC(F)(F)C(F)(F)CCOC(=O)COC1C2CC3CC(C2)C(=O)OC1C3. The molecular formula is C17H22F4O5. The van der Waals surface area contributed by atoms with Gasteiger partial charge in [-0.1, -0.05) is 0 Å². The number of carbonyl (C=O) groups excluding carboxylic acids is 2. The maximum Gasteiger partial charge on any atom is 0.332 e. The first-order valence-corrected chi connectivity index (χ1v) is 8.80. The van der Waals surface area contributed by atoms with Crippen LogP contribution in [0.15, 0.2) is 0 Å². The Balaban J connectivity index is 1.46. The van der Waals surface area contributed by atoms with Crippen molar-refractivity contribution in [2.75, 3.05) is 13.2 Å². The number of rotatable bonds is 7. The summed E-state index contributed by atoms with van der Waals surface area (Å²) in [4.78, 5) is 23.6. The van der Waals surface area contributed by atoms with Gasteiger partial charge in [-0.15, -0.1) is 0 Å². The van der Waals surface area contributed by atoms with Crippen molar-refractivity contribution < 1.29 is 41.4 Å². The summed E-state index contributed by atoms with van der Waals surface area (Å²) in [5.41, 5.74) is 0. The van der Waals surface area contributed by atoms with Gasteiger partial charge in [0, 0.05) is 6.92 Å². The number of carbonyl (C=O) groups is 2. The lowest BCUT2D eigenvalue weighted by molar-refractivity contribution is -0.207. The van der Waals surface area contributed by atoms with Crippen LogP contribution in [0, 0.1) is 17.8 Å². The normalized spacial score (nSPS) is 33.7. The molecule has 0 amide bonds. The van der Waals surface area contributed by atoms with Crippen LogP contribution >= 0.6 is 0 Å². The van der Waals surface area contributed by atoms with E-state index in [9.17, 15) is 27.2 Å². The molecule has 148 valence electrons. The maximum atomic E-state index is 13.1. The lowest BCUT2D eigenvalue weighted by atomic mass is 9.67. The highest BCUT2D eigenvalue weighted by Crippen LogP contribution is 2.48. The molecule has 26 heavy (non-hydrogen) atoms. The molecule has 2 saturated carbocycles. The second-order valence-electron chi connectivity index (χ2n) is 7.58. The van der Waals surface area contributed by atoms with Crippen molar-refractivity contribution >= 4 is 11.9 Å². The first-order chi connectivity index (χ1) is 12.1. The monoisotopic (exact) mass is 382 g/mol. The Hall–Kier alpha value is -1.38. The molecule has 4 bridgehead atoms. The van der Waals surface area contributed by atoms with Crippen molar-refractivity contribution in [1.29, 1.82) is 0 Å². The highest BCUT2D eigenvalue weighted by Gasteiger charge is 2.52. The molecule has 0 aromatic heterocycles. The zero-order valence-corrected chi connectivity index (χ0v) is 14.4. The van der Waals surface area contributed by atoms with Gasteiger partial charge in [-0.05, 0) is 37.5 Å². The van der Waals surface area contributed by atoms with Crippen LogP contribution in [0.25, 0.3) is 0 Å². The summed E-state index contributed by atoms with van der Waals surface area (Å²) in [5, 5.41) is 0. The van der Waals surface area contributed by atoms with Crippen molar-refractivity contribution in [3.63, 3.8) is 0 Å². The third kappa shape index (κ3) is 3.97. The number of fused-ring (bicyclic) bond motifs is 1. The molecule has 0 N–H and O–H groups in total. The highest BCUT2D eigenvalue weighted by molar-refractivity contribution is 5.73. The quantitative estimate of drug-likeness (QED) is 0.501. The van der Waals surface area contributed by atoms with Crippen molar-refractivity contribution in [3.8, 4) is 0 Å². The van der Waals surface area contributed by atoms with Crippen molar-refractivity contribution in [1.82, 2.24) is 0 Å². The smallest absolute Gasteiger partial charge is 0.332 e. The minimum Gasteiger partial charge on any atom is -0.464 e. The lowest BCUT2D eigenvalue weighted by Gasteiger charge is -2.41. The van der Waals surface area contributed by atoms with Gasteiger partial charge in [0.15, 0.2) is 0 Å². The van der Waals surface area contributed by atoms with Crippen LogP contribution in [0.3, 0.4) is 0 Å². The molecule has 0 aromatic rings. The van der Waals surface area contributed by atoms with Crippen molar-refractivity contribution in [2.45, 2.75) is 63.1 Å². The minimum atomic E-state index is -4.25. The van der Waals surface area contributed by atoms with Gasteiger partial charge in [0.1, 0.15) is 12.7 Å². The zero-order chi connectivity index (χ0) is 19.1. The van der Waals surface area contributed by atoms with E-state index in [1.807, 2.05) is 0 Å². The highest BCUT2D eigenvalue weighted by atomic mass is 19.3. The van der Waals surface area contributed by atoms with E-state index in [1.165, 1.54) is 0 Å². The number of alkyl halides is 4. The van der Waals surface area contributed by atoms with Gasteiger partial charge in [-0.2, -0.15) is 8.78 Å². The first kappa shape index (κ1) is 19.4. The first-order valence-electron chi connectivity index (χ1n) is 8.80. The topological polar surface area (TPSA) is 61.8 Å². The molecule has 9 heteroatoms. The van der Waals surface area contributed by atoms with E-state index in [0.717, 1.165) is 12.8 Å². The van der Waals surface area contributed by atoms with E-state index in [2.05, 4.69) is 4.74 Å². The van der Waals surface area contributed by atoms with E-state index in [0.29, 0.717) is 18.8 Å². The van der Waals surface area contributed by atoms with Gasteiger partial charge in [0.05, 0.1) is 25.0 Å². The van der Waals surface area contributed by atoms with Gasteiger partial charge in [0.25, 0.3) is 0 Å². The Morgan fingerprint density at radius 2 is 1.92 bits per heavy atom. The molecule has 2 aliphatic carbocycles. The van der Waals surface area contributed by atoms with Crippen LogP contribution in [-0.2, 0) is 23.8 Å². The molecule has 2 heterocycles. The number of ether oxygens (including phenoxy) is 3. The summed E-state index contributed by atoms with van der Waals surface area (Å²) in [7, 11) is 0. The Morgan fingerprint density at radius 3 is 2.62 bits per heavy atom. The molecule has 4 rings (SSSR count). The van der Waals surface area contributed by atoms with Crippen molar-refractivity contribution in [2.24, 2.45) is 17.8 Å². The summed E-state index contributed by atoms with van der Waals surface area (Å²) in [6.07, 6.45) is 0.986. The zero-order valence-electron chi connectivity index (χ0n) is 14.4. The molecule has 4 aliphatic rings. The molecule has 0 aromatic carbocycles. The lowest BCUT2D eigenvalue weighted by Crippen LogP contribution is -2.45. The predicted molar refractivity (Wildman–Crippen MR) is 79.7 cm³/mol. The molecule has 5 unspecified atom stereocenters. The third-order valence-corrected chi connectivity index (χ3v) is 5.55. The van der Waals surface area contributed by atoms with Gasteiger partial charge < -0.3 is 14.2 Å². The van der Waals surface area contributed by atoms with E-state index in [4.69, 9.17) is 9.47 Å². The van der Waals surface area contributed by atoms with Gasteiger partial charge in [0.2, 0.25) is 0 Å². The number of hydrogen-bond acceptors (Lipinski definition) is 5. The second-order valence-corrected chi connectivity index (χ2v) is 7.58. The predicted octanol–water partition coefficient (Wildman–Crippen LogP) is 2.96. The van der Waals surface area contributed by atoms with Gasteiger partial charge in [-0.25, -0.2) is 13.6 Å². The second kappa shape index (κ2) is 6.98. The van der Waals surface area contributed by atoms with Crippen LogP contribution in [0.1, 0.15) is 39.0 Å². The number of hydrogen-bond donors (Lipinski definition) is 0. The molecular weight excluding hydrogens is 360 g/mol. The standard InChI is InChI=1S/C17H22F4O5/c1-16(18,19)17(20,21)2-3-24-13(22)8-25-14-10-4-9-5-11(7-10)15(23)26-12(14)6-9/h9-12,14H,2-8H2,1H3. The Morgan fingerprint density at radius 1 is 1.19 bits per heavy atom. The van der Waals surface area contributed by atoms with E-state index < -0.39 is 49.7 Å². The van der Waals surface area contributed by atoms with Crippen LogP contribution in [-0.4, -0.2) is 49.2 Å². The Labute approximate surface area is 148 Å². The molecule has 5 atom stereocenters. The molecule has 5 nitrogen and oxygen atoms in total. The van der Waals surface area contributed by atoms with E-state index >= 15 is 0 Å². The number of halogens is 4. The molecule has 0 spiro atoms. The Kier molecular flexibility index (Phi) is 5.20. The van der Waals surface area contributed by atoms with E-state index in [-0.39, 0.29) is 24.7 Å². The maximum absolute atomic E-state index is 13.1. The summed E-state index contributed by atoms with van der Waals surface area (Å²) in [5.74, 6) is -9.15. The summed E-state index contributed by atoms with van der Waals surface area (Å²) in [6.45, 7) is -1.19. The van der Waals surface area contributed by atoms with Crippen LogP contribution in [0.2, 0.25) is 0 Å². The Bertz CT molecular complexity index is 562. The summed E-state index contributed by atoms with van der Waals surface area (Å²) >= 11 is 0. The van der Waals surface area contributed by atoms with Crippen LogP contribution in [0.5, 0.6) is 0 Å². The van der Waals surface area contributed by atoms with Gasteiger partial charge in [-0.3, -0.25) is 4.79 Å². The van der Waals surface area contributed by atoms with E-state index in [1.54, 1.807) is 0 Å². The van der Waals surface area contributed by atoms with Crippen molar-refractivity contribution in [3.05, 3.63) is 0 Å². The largest absolute Gasteiger partial charge is 0.464 e.